The van der Waals surface area contributed by atoms with Crippen LogP contribution in [-0.4, -0.2) is 31.9 Å². The lowest BCUT2D eigenvalue weighted by Crippen LogP contribution is -2.37. The van der Waals surface area contributed by atoms with E-state index in [2.05, 4.69) is 10.1 Å². The van der Waals surface area contributed by atoms with E-state index in [4.69, 9.17) is 0 Å². The molecule has 0 N–H and O–H groups in total. The fourth-order valence-corrected chi connectivity index (χ4v) is 3.04. The normalized spacial score (nSPS) is 14.0. The van der Waals surface area contributed by atoms with Crippen molar-refractivity contribution in [1.82, 2.24) is 19.5 Å². The maximum absolute atomic E-state index is 13.4. The van der Waals surface area contributed by atoms with Crippen LogP contribution in [0.25, 0.3) is 5.65 Å². The maximum atomic E-state index is 13.4. The van der Waals surface area contributed by atoms with Crippen LogP contribution in [0.15, 0.2) is 30.5 Å². The molecule has 1 aliphatic heterocycles. The van der Waals surface area contributed by atoms with Crippen LogP contribution < -0.4 is 0 Å². The summed E-state index contributed by atoms with van der Waals surface area (Å²) in [5, 5.41) is 4.44. The minimum Gasteiger partial charge on any atom is -0.334 e. The number of hydrogen-bond donors (Lipinski definition) is 0. The average molecular weight is 328 g/mol. The molecular formula is C17H14F2N4O. The summed E-state index contributed by atoms with van der Waals surface area (Å²) in [5.41, 5.74) is 3.75. The zero-order valence-electron chi connectivity index (χ0n) is 13.0. The van der Waals surface area contributed by atoms with Crippen LogP contribution in [0.1, 0.15) is 27.3 Å². The van der Waals surface area contributed by atoms with Crippen molar-refractivity contribution >= 4 is 11.6 Å². The highest BCUT2D eigenvalue weighted by molar-refractivity contribution is 5.94. The molecule has 4 rings (SSSR count). The zero-order chi connectivity index (χ0) is 16.8. The van der Waals surface area contributed by atoms with Gasteiger partial charge in [-0.25, -0.2) is 18.3 Å². The predicted octanol–water partition coefficient (Wildman–Crippen LogP) is 2.51. The molecule has 1 amide bonds. The van der Waals surface area contributed by atoms with Gasteiger partial charge in [0.1, 0.15) is 0 Å². The van der Waals surface area contributed by atoms with Crippen molar-refractivity contribution in [3.05, 3.63) is 64.6 Å². The molecule has 0 fully saturated rings. The third-order valence-electron chi connectivity index (χ3n) is 4.23. The van der Waals surface area contributed by atoms with Crippen molar-refractivity contribution in [2.24, 2.45) is 0 Å². The summed E-state index contributed by atoms with van der Waals surface area (Å²) in [4.78, 5) is 18.5. The van der Waals surface area contributed by atoms with Crippen LogP contribution >= 0.6 is 0 Å². The highest BCUT2D eigenvalue weighted by Crippen LogP contribution is 2.21. The van der Waals surface area contributed by atoms with Crippen LogP contribution in [0.4, 0.5) is 8.78 Å². The van der Waals surface area contributed by atoms with E-state index in [-0.39, 0.29) is 11.5 Å². The van der Waals surface area contributed by atoms with Crippen LogP contribution in [0.5, 0.6) is 0 Å². The SMILES string of the molecule is Cc1cc2ncc3c(n2n1)CCN(C(=O)c1ccc(F)c(F)c1)C3. The monoisotopic (exact) mass is 328 g/mol. The van der Waals surface area contributed by atoms with Crippen molar-refractivity contribution < 1.29 is 13.6 Å². The van der Waals surface area contributed by atoms with E-state index in [1.54, 1.807) is 11.1 Å². The van der Waals surface area contributed by atoms with Crippen molar-refractivity contribution in [1.29, 1.82) is 0 Å². The average Bonchev–Trinajstić information content (AvgIpc) is 2.97. The summed E-state index contributed by atoms with van der Waals surface area (Å²) in [6, 6.07) is 5.11. The summed E-state index contributed by atoms with van der Waals surface area (Å²) in [6.07, 6.45) is 2.38. The van der Waals surface area contributed by atoms with Gasteiger partial charge in [0, 0.05) is 42.9 Å². The van der Waals surface area contributed by atoms with E-state index in [1.165, 1.54) is 6.07 Å². The first-order valence-corrected chi connectivity index (χ1v) is 7.60. The number of rotatable bonds is 1. The molecule has 0 aliphatic carbocycles. The molecule has 0 unspecified atom stereocenters. The Kier molecular flexibility index (Phi) is 3.30. The third kappa shape index (κ3) is 2.33. The number of aryl methyl sites for hydroxylation is 1. The Labute approximate surface area is 136 Å². The molecule has 0 saturated carbocycles. The summed E-state index contributed by atoms with van der Waals surface area (Å²) in [7, 11) is 0. The lowest BCUT2D eigenvalue weighted by atomic mass is 10.1. The molecule has 0 atom stereocenters. The number of fused-ring (bicyclic) bond motifs is 3. The third-order valence-corrected chi connectivity index (χ3v) is 4.23. The van der Waals surface area contributed by atoms with E-state index >= 15 is 0 Å². The van der Waals surface area contributed by atoms with Crippen molar-refractivity contribution in [2.45, 2.75) is 19.9 Å². The maximum Gasteiger partial charge on any atom is 0.254 e. The number of carbonyl (C=O) groups excluding carboxylic acids is 1. The first kappa shape index (κ1) is 14.7. The van der Waals surface area contributed by atoms with Gasteiger partial charge in [0.2, 0.25) is 0 Å². The molecule has 0 spiro atoms. The van der Waals surface area contributed by atoms with Gasteiger partial charge in [-0.15, -0.1) is 0 Å². The van der Waals surface area contributed by atoms with Gasteiger partial charge in [-0.3, -0.25) is 4.79 Å². The Hall–Kier alpha value is -2.83. The summed E-state index contributed by atoms with van der Waals surface area (Å²) in [6.45, 7) is 2.76. The van der Waals surface area contributed by atoms with Gasteiger partial charge in [-0.2, -0.15) is 5.10 Å². The Morgan fingerprint density at radius 1 is 1.21 bits per heavy atom. The highest BCUT2D eigenvalue weighted by Gasteiger charge is 2.24. The second-order valence-corrected chi connectivity index (χ2v) is 5.89. The Balaban J connectivity index is 1.65. The Morgan fingerprint density at radius 2 is 2.04 bits per heavy atom. The van der Waals surface area contributed by atoms with E-state index in [1.807, 2.05) is 17.5 Å². The Bertz CT molecular complexity index is 967. The fourth-order valence-electron chi connectivity index (χ4n) is 3.04. The molecule has 3 heterocycles. The largest absolute Gasteiger partial charge is 0.334 e. The first-order valence-electron chi connectivity index (χ1n) is 7.60. The number of benzene rings is 1. The minimum atomic E-state index is -1.02. The quantitative estimate of drug-likeness (QED) is 0.690. The van der Waals surface area contributed by atoms with Crippen LogP contribution in [0.2, 0.25) is 0 Å². The van der Waals surface area contributed by atoms with Gasteiger partial charge in [0.05, 0.1) is 11.4 Å². The standard InChI is InChI=1S/C17H14F2N4O/c1-10-6-16-20-8-12-9-22(5-4-15(12)23(16)21-10)17(24)11-2-3-13(18)14(19)7-11/h2-3,6-8H,4-5,9H2,1H3. The van der Waals surface area contributed by atoms with Crippen molar-refractivity contribution in [2.75, 3.05) is 6.54 Å². The molecule has 24 heavy (non-hydrogen) atoms. The first-order chi connectivity index (χ1) is 11.5. The molecule has 0 saturated heterocycles. The molecule has 5 nitrogen and oxygen atoms in total. The number of aromatic nitrogens is 3. The van der Waals surface area contributed by atoms with Crippen LogP contribution in [-0.2, 0) is 13.0 Å². The van der Waals surface area contributed by atoms with E-state index in [9.17, 15) is 13.6 Å². The minimum absolute atomic E-state index is 0.140. The predicted molar refractivity (Wildman–Crippen MR) is 82.5 cm³/mol. The number of amides is 1. The number of nitrogens with zero attached hydrogens (tertiary/aromatic N) is 4. The molecule has 122 valence electrons. The zero-order valence-corrected chi connectivity index (χ0v) is 13.0. The van der Waals surface area contributed by atoms with Crippen LogP contribution in [0.3, 0.4) is 0 Å². The smallest absolute Gasteiger partial charge is 0.254 e. The van der Waals surface area contributed by atoms with E-state index < -0.39 is 11.6 Å². The van der Waals surface area contributed by atoms with E-state index in [0.717, 1.165) is 34.7 Å². The molecule has 2 aromatic heterocycles. The van der Waals surface area contributed by atoms with E-state index in [0.29, 0.717) is 19.5 Å². The second kappa shape index (κ2) is 5.36. The number of halogens is 2. The fraction of sp³-hybridized carbons (Fsp3) is 0.235. The summed E-state index contributed by atoms with van der Waals surface area (Å²) in [5.74, 6) is -2.30. The lowest BCUT2D eigenvalue weighted by Gasteiger charge is -2.28. The Morgan fingerprint density at radius 3 is 2.83 bits per heavy atom. The van der Waals surface area contributed by atoms with Gasteiger partial charge in [0.25, 0.3) is 5.91 Å². The van der Waals surface area contributed by atoms with Crippen LogP contribution in [0, 0.1) is 18.6 Å². The molecule has 3 aromatic rings. The van der Waals surface area contributed by atoms with Crippen molar-refractivity contribution in [3.63, 3.8) is 0 Å². The highest BCUT2D eigenvalue weighted by atomic mass is 19.2. The van der Waals surface area contributed by atoms with Gasteiger partial charge < -0.3 is 4.90 Å². The van der Waals surface area contributed by atoms with Gasteiger partial charge in [-0.1, -0.05) is 0 Å². The topological polar surface area (TPSA) is 50.5 Å². The molecular weight excluding hydrogens is 314 g/mol. The molecule has 0 radical (unpaired) electrons. The second-order valence-electron chi connectivity index (χ2n) is 5.89. The summed E-state index contributed by atoms with van der Waals surface area (Å²) >= 11 is 0. The number of hydrogen-bond acceptors (Lipinski definition) is 3. The molecule has 1 aliphatic rings. The molecule has 7 heteroatoms. The van der Waals surface area contributed by atoms with Gasteiger partial charge in [-0.05, 0) is 25.1 Å². The summed E-state index contributed by atoms with van der Waals surface area (Å²) < 4.78 is 28.2. The lowest BCUT2D eigenvalue weighted by molar-refractivity contribution is 0.0732. The number of carbonyl (C=O) groups is 1. The molecule has 0 bridgehead atoms. The van der Waals surface area contributed by atoms with Crippen molar-refractivity contribution in [3.8, 4) is 0 Å². The molecule has 1 aromatic carbocycles. The van der Waals surface area contributed by atoms with Gasteiger partial charge >= 0.3 is 0 Å². The van der Waals surface area contributed by atoms with Gasteiger partial charge in [0.15, 0.2) is 17.3 Å².